The molecule has 0 unspecified atom stereocenters. The Balaban J connectivity index is 1.89. The summed E-state index contributed by atoms with van der Waals surface area (Å²) < 4.78 is 24.3. The van der Waals surface area contributed by atoms with Crippen LogP contribution in [-0.4, -0.2) is 42.4 Å². The molecule has 0 fully saturated rings. The number of benzene rings is 2. The van der Waals surface area contributed by atoms with Crippen molar-refractivity contribution in [3.8, 4) is 0 Å². The maximum Gasteiger partial charge on any atom is 0.222 e. The molecule has 3 atom stereocenters. The largest absolute Gasteiger partial charge is 0.386 e. The van der Waals surface area contributed by atoms with E-state index in [2.05, 4.69) is 0 Å². The SMILES string of the molecule is CCOCO[C@@H](CCCC(=O)N(C)[C@@H](C)[C@@H](O)c1ccccc1)c1ccc(F)cc1. The van der Waals surface area contributed by atoms with Crippen LogP contribution in [0, 0.1) is 5.82 Å². The molecule has 1 N–H and O–H groups in total. The van der Waals surface area contributed by atoms with Crippen LogP contribution in [0.5, 0.6) is 0 Å². The number of halogens is 1. The van der Waals surface area contributed by atoms with Crippen LogP contribution < -0.4 is 0 Å². The number of carbonyl (C=O) groups excluding carboxylic acids is 1. The summed E-state index contributed by atoms with van der Waals surface area (Å²) in [7, 11) is 1.71. The molecule has 0 aliphatic carbocycles. The second kappa shape index (κ2) is 12.4. The molecule has 0 heterocycles. The quantitative estimate of drug-likeness (QED) is 0.404. The highest BCUT2D eigenvalue weighted by Gasteiger charge is 2.24. The summed E-state index contributed by atoms with van der Waals surface area (Å²) in [5.41, 5.74) is 1.63. The standard InChI is InChI=1S/C24H32FNO4/c1-4-29-17-30-22(19-13-15-21(25)16-14-19)11-8-12-23(27)26(3)18(2)24(28)20-9-6-5-7-10-20/h5-7,9-10,13-16,18,22,24,28H,4,8,11-12,17H2,1-3H3/t18-,22-,24+/m0/s1. The lowest BCUT2D eigenvalue weighted by Gasteiger charge is -2.29. The zero-order chi connectivity index (χ0) is 21.9. The highest BCUT2D eigenvalue weighted by atomic mass is 19.1. The first-order valence-electron chi connectivity index (χ1n) is 10.4. The predicted octanol–water partition coefficient (Wildman–Crippen LogP) is 4.63. The Bertz CT molecular complexity index is 754. The Morgan fingerprint density at radius 2 is 1.77 bits per heavy atom. The van der Waals surface area contributed by atoms with E-state index in [1.165, 1.54) is 12.1 Å². The number of rotatable bonds is 12. The van der Waals surface area contributed by atoms with Crippen molar-refractivity contribution in [3.63, 3.8) is 0 Å². The van der Waals surface area contributed by atoms with E-state index in [1.54, 1.807) is 24.1 Å². The van der Waals surface area contributed by atoms with Crippen LogP contribution in [0.2, 0.25) is 0 Å². The average molecular weight is 418 g/mol. The maximum absolute atomic E-state index is 13.2. The molecule has 2 aromatic carbocycles. The lowest BCUT2D eigenvalue weighted by molar-refractivity contribution is -0.134. The molecule has 5 nitrogen and oxygen atoms in total. The predicted molar refractivity (Wildman–Crippen MR) is 114 cm³/mol. The van der Waals surface area contributed by atoms with E-state index in [4.69, 9.17) is 9.47 Å². The molecule has 30 heavy (non-hydrogen) atoms. The van der Waals surface area contributed by atoms with Crippen molar-refractivity contribution in [1.29, 1.82) is 0 Å². The van der Waals surface area contributed by atoms with Crippen molar-refractivity contribution in [2.45, 2.75) is 51.4 Å². The van der Waals surface area contributed by atoms with Gasteiger partial charge >= 0.3 is 0 Å². The Morgan fingerprint density at radius 1 is 1.10 bits per heavy atom. The number of ether oxygens (including phenoxy) is 2. The van der Waals surface area contributed by atoms with E-state index in [0.717, 1.165) is 11.1 Å². The van der Waals surface area contributed by atoms with Crippen LogP contribution in [0.4, 0.5) is 4.39 Å². The van der Waals surface area contributed by atoms with Crippen LogP contribution in [0.25, 0.3) is 0 Å². The number of hydrogen-bond acceptors (Lipinski definition) is 4. The van der Waals surface area contributed by atoms with E-state index < -0.39 is 6.10 Å². The average Bonchev–Trinajstić information content (AvgIpc) is 2.77. The van der Waals surface area contributed by atoms with Gasteiger partial charge in [-0.1, -0.05) is 42.5 Å². The molecule has 0 bridgehead atoms. The minimum atomic E-state index is -0.748. The van der Waals surface area contributed by atoms with Gasteiger partial charge in [-0.25, -0.2) is 4.39 Å². The summed E-state index contributed by atoms with van der Waals surface area (Å²) in [5, 5.41) is 10.6. The fourth-order valence-corrected chi connectivity index (χ4v) is 3.22. The van der Waals surface area contributed by atoms with Crippen LogP contribution in [-0.2, 0) is 14.3 Å². The van der Waals surface area contributed by atoms with Crippen molar-refractivity contribution < 1.29 is 23.8 Å². The van der Waals surface area contributed by atoms with Crippen molar-refractivity contribution in [2.24, 2.45) is 0 Å². The van der Waals surface area contributed by atoms with Crippen molar-refractivity contribution in [2.75, 3.05) is 20.4 Å². The molecular weight excluding hydrogens is 385 g/mol. The van der Waals surface area contributed by atoms with Gasteiger partial charge in [0.05, 0.1) is 18.2 Å². The number of likely N-dealkylation sites (N-methyl/N-ethyl adjacent to an activating group) is 1. The van der Waals surface area contributed by atoms with Gasteiger partial charge in [0.1, 0.15) is 12.6 Å². The highest BCUT2D eigenvalue weighted by molar-refractivity contribution is 5.76. The van der Waals surface area contributed by atoms with Gasteiger partial charge in [0.25, 0.3) is 0 Å². The number of nitrogens with zero attached hydrogens (tertiary/aromatic N) is 1. The maximum atomic E-state index is 13.2. The van der Waals surface area contributed by atoms with Gasteiger partial charge in [-0.15, -0.1) is 0 Å². The first kappa shape index (κ1) is 24.0. The molecule has 0 aromatic heterocycles. The molecule has 0 saturated heterocycles. The van der Waals surface area contributed by atoms with E-state index in [0.29, 0.717) is 25.9 Å². The van der Waals surface area contributed by atoms with E-state index in [9.17, 15) is 14.3 Å². The monoisotopic (exact) mass is 417 g/mol. The van der Waals surface area contributed by atoms with Crippen LogP contribution >= 0.6 is 0 Å². The lowest BCUT2D eigenvalue weighted by Crippen LogP contribution is -2.39. The smallest absolute Gasteiger partial charge is 0.222 e. The van der Waals surface area contributed by atoms with Gasteiger partial charge in [-0.3, -0.25) is 4.79 Å². The van der Waals surface area contributed by atoms with Gasteiger partial charge in [-0.05, 0) is 49.9 Å². The lowest BCUT2D eigenvalue weighted by atomic mass is 10.0. The second-order valence-corrected chi connectivity index (χ2v) is 7.31. The molecular formula is C24H32FNO4. The molecule has 2 rings (SSSR count). The number of carbonyl (C=O) groups is 1. The third-order valence-corrected chi connectivity index (χ3v) is 5.26. The Labute approximate surface area is 178 Å². The summed E-state index contributed by atoms with van der Waals surface area (Å²) in [6.07, 6.45) is 0.515. The second-order valence-electron chi connectivity index (χ2n) is 7.31. The fourth-order valence-electron chi connectivity index (χ4n) is 3.22. The summed E-state index contributed by atoms with van der Waals surface area (Å²) in [4.78, 5) is 14.2. The first-order valence-corrected chi connectivity index (χ1v) is 10.4. The number of amides is 1. The van der Waals surface area contributed by atoms with E-state index in [1.807, 2.05) is 44.2 Å². The van der Waals surface area contributed by atoms with Crippen LogP contribution in [0.3, 0.4) is 0 Å². The summed E-state index contributed by atoms with van der Waals surface area (Å²) in [5.74, 6) is -0.342. The van der Waals surface area contributed by atoms with Gasteiger partial charge in [0, 0.05) is 20.1 Å². The van der Waals surface area contributed by atoms with Gasteiger partial charge in [0.2, 0.25) is 5.91 Å². The summed E-state index contributed by atoms with van der Waals surface area (Å²) in [6, 6.07) is 15.2. The Morgan fingerprint density at radius 3 is 2.40 bits per heavy atom. The van der Waals surface area contributed by atoms with Gasteiger partial charge in [-0.2, -0.15) is 0 Å². The zero-order valence-electron chi connectivity index (χ0n) is 18.0. The topological polar surface area (TPSA) is 59.0 Å². The number of aliphatic hydroxyl groups excluding tert-OH is 1. The number of aliphatic hydroxyl groups is 1. The minimum absolute atomic E-state index is 0.0415. The fraction of sp³-hybridized carbons (Fsp3) is 0.458. The normalized spacial score (nSPS) is 14.2. The minimum Gasteiger partial charge on any atom is -0.386 e. The number of hydrogen-bond donors (Lipinski definition) is 1. The zero-order valence-corrected chi connectivity index (χ0v) is 18.0. The molecule has 1 amide bonds. The molecule has 164 valence electrons. The Hall–Kier alpha value is -2.28. The third kappa shape index (κ3) is 7.20. The molecule has 0 radical (unpaired) electrons. The Kier molecular flexibility index (Phi) is 9.94. The molecule has 6 heteroatoms. The molecule has 0 aliphatic heterocycles. The summed E-state index contributed by atoms with van der Waals surface area (Å²) in [6.45, 7) is 4.41. The van der Waals surface area contributed by atoms with Crippen molar-refractivity contribution in [3.05, 3.63) is 71.5 Å². The third-order valence-electron chi connectivity index (χ3n) is 5.26. The van der Waals surface area contributed by atoms with Crippen LogP contribution in [0.1, 0.15) is 56.4 Å². The summed E-state index contributed by atoms with van der Waals surface area (Å²) >= 11 is 0. The highest BCUT2D eigenvalue weighted by Crippen LogP contribution is 2.25. The van der Waals surface area contributed by atoms with Crippen LogP contribution in [0.15, 0.2) is 54.6 Å². The van der Waals surface area contributed by atoms with E-state index >= 15 is 0 Å². The first-order chi connectivity index (χ1) is 14.4. The molecule has 0 saturated carbocycles. The molecule has 0 spiro atoms. The van der Waals surface area contributed by atoms with Crippen molar-refractivity contribution in [1.82, 2.24) is 4.90 Å². The molecule has 2 aromatic rings. The van der Waals surface area contributed by atoms with Crippen molar-refractivity contribution >= 4 is 5.91 Å². The van der Waals surface area contributed by atoms with Gasteiger partial charge in [0.15, 0.2) is 0 Å². The van der Waals surface area contributed by atoms with E-state index in [-0.39, 0.29) is 30.7 Å². The van der Waals surface area contributed by atoms with Gasteiger partial charge < -0.3 is 19.5 Å². The molecule has 0 aliphatic rings.